The van der Waals surface area contributed by atoms with Gasteiger partial charge in [-0.2, -0.15) is 5.26 Å². The average Bonchev–Trinajstić information content (AvgIpc) is 3.22. The second-order valence-electron chi connectivity index (χ2n) is 5.65. The smallest absolute Gasteiger partial charge is 0.132 e. The summed E-state index contributed by atoms with van der Waals surface area (Å²) in [6, 6.07) is 10.1. The summed E-state index contributed by atoms with van der Waals surface area (Å²) >= 11 is 0. The highest BCUT2D eigenvalue weighted by Crippen LogP contribution is 2.42. The molecule has 0 spiro atoms. The van der Waals surface area contributed by atoms with Gasteiger partial charge < -0.3 is 10.3 Å². The Morgan fingerprint density at radius 1 is 1.30 bits per heavy atom. The molecule has 0 amide bonds. The highest BCUT2D eigenvalue weighted by Gasteiger charge is 2.30. The van der Waals surface area contributed by atoms with Crippen LogP contribution in [0.1, 0.15) is 50.0 Å². The molecule has 1 aliphatic carbocycles. The highest BCUT2D eigenvalue weighted by atomic mass is 15.2. The third-order valence-electron chi connectivity index (χ3n) is 3.69. The van der Waals surface area contributed by atoms with Crippen molar-refractivity contribution in [3.63, 3.8) is 0 Å². The second-order valence-corrected chi connectivity index (χ2v) is 5.65. The number of aromatic nitrogens is 2. The number of hydrogen-bond donors (Lipinski definition) is 1. The summed E-state index contributed by atoms with van der Waals surface area (Å²) in [7, 11) is 0. The molecule has 0 atom stereocenters. The predicted molar refractivity (Wildman–Crippen MR) is 79.2 cm³/mol. The van der Waals surface area contributed by atoms with Crippen LogP contribution in [-0.4, -0.2) is 9.55 Å². The Hall–Kier alpha value is -2.28. The van der Waals surface area contributed by atoms with Gasteiger partial charge in [0.25, 0.3) is 0 Å². The van der Waals surface area contributed by atoms with E-state index in [0.717, 1.165) is 22.9 Å². The zero-order chi connectivity index (χ0) is 14.3. The van der Waals surface area contributed by atoms with Crippen molar-refractivity contribution in [1.82, 2.24) is 9.55 Å². The molecule has 0 aliphatic heterocycles. The third-order valence-corrected chi connectivity index (χ3v) is 3.69. The summed E-state index contributed by atoms with van der Waals surface area (Å²) in [6.45, 7) is 4.28. The molecular formula is C16H18N4. The first-order chi connectivity index (χ1) is 9.61. The minimum atomic E-state index is 0.352. The van der Waals surface area contributed by atoms with E-state index in [4.69, 9.17) is 16.0 Å². The number of nitrogen functional groups attached to an aromatic ring is 1. The van der Waals surface area contributed by atoms with Crippen molar-refractivity contribution in [2.75, 3.05) is 5.73 Å². The van der Waals surface area contributed by atoms with Gasteiger partial charge in [-0.3, -0.25) is 0 Å². The van der Waals surface area contributed by atoms with Crippen LogP contribution >= 0.6 is 0 Å². The van der Waals surface area contributed by atoms with Crippen LogP contribution in [0.4, 0.5) is 5.82 Å². The second kappa shape index (κ2) is 4.68. The van der Waals surface area contributed by atoms with Gasteiger partial charge in [-0.05, 0) is 25.0 Å². The number of nitrogens with two attached hydrogens (primary N) is 1. The van der Waals surface area contributed by atoms with Gasteiger partial charge in [0, 0.05) is 17.5 Å². The largest absolute Gasteiger partial charge is 0.383 e. The lowest BCUT2D eigenvalue weighted by Gasteiger charge is -2.10. The Morgan fingerprint density at radius 3 is 2.45 bits per heavy atom. The zero-order valence-corrected chi connectivity index (χ0v) is 11.8. The minimum Gasteiger partial charge on any atom is -0.383 e. The van der Waals surface area contributed by atoms with Gasteiger partial charge in [0.05, 0.1) is 11.6 Å². The van der Waals surface area contributed by atoms with Crippen molar-refractivity contribution in [3.05, 3.63) is 35.7 Å². The molecule has 1 aliphatic rings. The van der Waals surface area contributed by atoms with E-state index in [9.17, 15) is 0 Å². The van der Waals surface area contributed by atoms with Crippen LogP contribution in [0.25, 0.3) is 11.3 Å². The van der Waals surface area contributed by atoms with Crippen molar-refractivity contribution >= 4 is 5.82 Å². The third kappa shape index (κ3) is 2.05. The molecule has 20 heavy (non-hydrogen) atoms. The van der Waals surface area contributed by atoms with E-state index in [2.05, 4.69) is 24.5 Å². The number of rotatable bonds is 3. The fourth-order valence-electron chi connectivity index (χ4n) is 2.50. The molecular weight excluding hydrogens is 248 g/mol. The number of hydrogen-bond acceptors (Lipinski definition) is 3. The van der Waals surface area contributed by atoms with Crippen molar-refractivity contribution in [1.29, 1.82) is 5.26 Å². The van der Waals surface area contributed by atoms with E-state index in [1.807, 2.05) is 12.1 Å². The number of benzene rings is 1. The van der Waals surface area contributed by atoms with Crippen LogP contribution in [0.3, 0.4) is 0 Å². The topological polar surface area (TPSA) is 67.6 Å². The minimum absolute atomic E-state index is 0.352. The van der Waals surface area contributed by atoms with Crippen molar-refractivity contribution in [3.8, 4) is 17.3 Å². The van der Waals surface area contributed by atoms with Crippen LogP contribution in [0, 0.1) is 11.3 Å². The molecule has 4 heteroatoms. The van der Waals surface area contributed by atoms with Crippen LogP contribution < -0.4 is 5.73 Å². The zero-order valence-electron chi connectivity index (χ0n) is 11.8. The first-order valence-corrected chi connectivity index (χ1v) is 7.00. The molecule has 1 saturated carbocycles. The first-order valence-electron chi connectivity index (χ1n) is 7.00. The SMILES string of the molecule is CC(C)c1nc(-c2ccc(C#N)cc2)c(N)n1C1CC1. The van der Waals surface area contributed by atoms with Gasteiger partial charge in [0.2, 0.25) is 0 Å². The fraction of sp³-hybridized carbons (Fsp3) is 0.375. The molecule has 102 valence electrons. The highest BCUT2D eigenvalue weighted by molar-refractivity contribution is 5.72. The standard InChI is InChI=1S/C16H18N4/c1-10(2)16-19-14(15(18)20(16)13-7-8-13)12-5-3-11(9-17)4-6-12/h3-6,10,13H,7-8,18H2,1-2H3. The van der Waals surface area contributed by atoms with E-state index in [1.54, 1.807) is 12.1 Å². The van der Waals surface area contributed by atoms with E-state index in [1.165, 1.54) is 12.8 Å². The summed E-state index contributed by atoms with van der Waals surface area (Å²) in [4.78, 5) is 4.75. The maximum atomic E-state index is 8.86. The molecule has 0 radical (unpaired) electrons. The van der Waals surface area contributed by atoms with E-state index < -0.39 is 0 Å². The van der Waals surface area contributed by atoms with Gasteiger partial charge in [0.15, 0.2) is 0 Å². The van der Waals surface area contributed by atoms with Gasteiger partial charge in [-0.25, -0.2) is 4.98 Å². The lowest BCUT2D eigenvalue weighted by Crippen LogP contribution is -2.06. The first kappa shape index (κ1) is 12.7. The van der Waals surface area contributed by atoms with Gasteiger partial charge in [0.1, 0.15) is 17.3 Å². The number of nitriles is 1. The van der Waals surface area contributed by atoms with Crippen molar-refractivity contribution in [2.45, 2.75) is 38.6 Å². The maximum Gasteiger partial charge on any atom is 0.132 e. The van der Waals surface area contributed by atoms with Gasteiger partial charge in [-0.15, -0.1) is 0 Å². The monoisotopic (exact) mass is 266 g/mol. The Morgan fingerprint density at radius 2 is 1.95 bits per heavy atom. The molecule has 2 aromatic rings. The molecule has 1 heterocycles. The number of imidazole rings is 1. The molecule has 0 bridgehead atoms. The summed E-state index contributed by atoms with van der Waals surface area (Å²) < 4.78 is 2.19. The molecule has 1 aromatic heterocycles. The number of anilines is 1. The number of nitrogens with zero attached hydrogens (tertiary/aromatic N) is 3. The average molecular weight is 266 g/mol. The van der Waals surface area contributed by atoms with Crippen LogP contribution in [-0.2, 0) is 0 Å². The van der Waals surface area contributed by atoms with Crippen LogP contribution in [0.5, 0.6) is 0 Å². The van der Waals surface area contributed by atoms with Crippen LogP contribution in [0.2, 0.25) is 0 Å². The Labute approximate surface area is 118 Å². The van der Waals surface area contributed by atoms with Gasteiger partial charge in [-0.1, -0.05) is 26.0 Å². The predicted octanol–water partition coefficient (Wildman–Crippen LogP) is 3.46. The van der Waals surface area contributed by atoms with E-state index in [0.29, 0.717) is 17.5 Å². The van der Waals surface area contributed by atoms with Crippen molar-refractivity contribution < 1.29 is 0 Å². The molecule has 3 rings (SSSR count). The Bertz CT molecular complexity index is 670. The summed E-state index contributed by atoms with van der Waals surface area (Å²) in [6.07, 6.45) is 2.38. The quantitative estimate of drug-likeness (QED) is 0.925. The molecule has 4 nitrogen and oxygen atoms in total. The van der Waals surface area contributed by atoms with Crippen molar-refractivity contribution in [2.24, 2.45) is 0 Å². The Balaban J connectivity index is 2.09. The molecule has 0 saturated heterocycles. The summed E-state index contributed by atoms with van der Waals surface area (Å²) in [5.41, 5.74) is 8.78. The normalized spacial score (nSPS) is 14.5. The molecule has 1 aromatic carbocycles. The Kier molecular flexibility index (Phi) is 2.98. The molecule has 2 N–H and O–H groups in total. The lowest BCUT2D eigenvalue weighted by atomic mass is 10.1. The lowest BCUT2D eigenvalue weighted by molar-refractivity contribution is 0.646. The maximum absolute atomic E-state index is 8.86. The van der Waals surface area contributed by atoms with E-state index in [-0.39, 0.29) is 0 Å². The summed E-state index contributed by atoms with van der Waals surface area (Å²) in [5.74, 6) is 2.16. The summed E-state index contributed by atoms with van der Waals surface area (Å²) in [5, 5.41) is 8.86. The molecule has 1 fully saturated rings. The van der Waals surface area contributed by atoms with Gasteiger partial charge >= 0.3 is 0 Å². The fourth-order valence-corrected chi connectivity index (χ4v) is 2.50. The van der Waals surface area contributed by atoms with E-state index >= 15 is 0 Å². The van der Waals surface area contributed by atoms with Crippen LogP contribution in [0.15, 0.2) is 24.3 Å². The molecule has 0 unspecified atom stereocenters.